The van der Waals surface area contributed by atoms with Gasteiger partial charge in [-0.25, -0.2) is 0 Å². The molecule has 0 aromatic heterocycles. The molecule has 0 aliphatic carbocycles. The van der Waals surface area contributed by atoms with Crippen LogP contribution >= 0.6 is 0 Å². The second-order valence-corrected chi connectivity index (χ2v) is 3.10. The molecule has 6 heteroatoms. The Kier molecular flexibility index (Phi) is 6.64. The Hall–Kier alpha value is -1.14. The van der Waals surface area contributed by atoms with Gasteiger partial charge in [0.1, 0.15) is 5.92 Å². The molecule has 1 atom stereocenters. The minimum atomic E-state index is -1.17. The predicted molar refractivity (Wildman–Crippen MR) is 52.3 cm³/mol. The molecule has 88 valence electrons. The molecule has 0 aliphatic heterocycles. The average Bonchev–Trinajstić information content (AvgIpc) is 2.22. The van der Waals surface area contributed by atoms with E-state index in [1.54, 1.807) is 0 Å². The highest BCUT2D eigenvalue weighted by atomic mass is 16.5. The molecular weight excluding hydrogens is 202 g/mol. The first-order valence-corrected chi connectivity index (χ1v) is 4.66. The van der Waals surface area contributed by atoms with Crippen LogP contribution in [0.2, 0.25) is 0 Å². The quantitative estimate of drug-likeness (QED) is 0.546. The third-order valence-corrected chi connectivity index (χ3v) is 1.99. The van der Waals surface area contributed by atoms with Crippen molar-refractivity contribution in [1.82, 2.24) is 4.90 Å². The van der Waals surface area contributed by atoms with Crippen LogP contribution in [0.1, 0.15) is 6.92 Å². The van der Waals surface area contributed by atoms with Crippen molar-refractivity contribution in [2.45, 2.75) is 6.92 Å². The van der Waals surface area contributed by atoms with Crippen LogP contribution in [-0.4, -0.2) is 60.4 Å². The fourth-order valence-corrected chi connectivity index (χ4v) is 1.03. The maximum atomic E-state index is 11.6. The molecule has 0 fully saturated rings. The first-order valence-electron chi connectivity index (χ1n) is 4.66. The number of aliphatic hydroxyl groups excluding tert-OH is 1. The molecule has 1 amide bonds. The number of rotatable bonds is 7. The van der Waals surface area contributed by atoms with E-state index in [0.29, 0.717) is 6.61 Å². The van der Waals surface area contributed by atoms with Crippen molar-refractivity contribution >= 4 is 11.9 Å². The number of hydrogen-bond acceptors (Lipinski definition) is 4. The lowest BCUT2D eigenvalue weighted by Crippen LogP contribution is -2.41. The summed E-state index contributed by atoms with van der Waals surface area (Å²) in [5.41, 5.74) is 0. The van der Waals surface area contributed by atoms with Gasteiger partial charge in [-0.2, -0.15) is 0 Å². The van der Waals surface area contributed by atoms with Crippen molar-refractivity contribution in [3.8, 4) is 0 Å². The topological polar surface area (TPSA) is 87.1 Å². The van der Waals surface area contributed by atoms with Crippen molar-refractivity contribution in [2.24, 2.45) is 5.92 Å². The van der Waals surface area contributed by atoms with Gasteiger partial charge in [-0.05, 0) is 6.92 Å². The largest absolute Gasteiger partial charge is 0.481 e. The van der Waals surface area contributed by atoms with Crippen molar-refractivity contribution in [1.29, 1.82) is 0 Å². The van der Waals surface area contributed by atoms with Crippen LogP contribution in [0, 0.1) is 5.92 Å². The lowest BCUT2D eigenvalue weighted by Gasteiger charge is -2.23. The first-order chi connectivity index (χ1) is 7.04. The zero-order valence-electron chi connectivity index (χ0n) is 8.97. The predicted octanol–water partition coefficient (Wildman–Crippen LogP) is -0.826. The standard InChI is InChI=1S/C9H17NO5/c1-7(9(13)14)8(12)10(3-5-11)4-6-15-2/h7,11H,3-6H2,1-2H3,(H,13,14). The minimum absolute atomic E-state index is 0.125. The van der Waals surface area contributed by atoms with Gasteiger partial charge in [0.15, 0.2) is 0 Å². The second kappa shape index (κ2) is 7.19. The third kappa shape index (κ3) is 4.75. The summed E-state index contributed by atoms with van der Waals surface area (Å²) in [6, 6.07) is 0. The second-order valence-electron chi connectivity index (χ2n) is 3.10. The monoisotopic (exact) mass is 219 g/mol. The molecule has 0 saturated heterocycles. The van der Waals surface area contributed by atoms with Crippen LogP contribution in [0.25, 0.3) is 0 Å². The Morgan fingerprint density at radius 3 is 2.40 bits per heavy atom. The molecule has 6 nitrogen and oxygen atoms in total. The Labute approximate surface area is 88.4 Å². The first kappa shape index (κ1) is 13.9. The van der Waals surface area contributed by atoms with Crippen molar-refractivity contribution in [2.75, 3.05) is 33.4 Å². The number of carboxylic acid groups (broad SMARTS) is 1. The molecule has 1 unspecified atom stereocenters. The number of aliphatic hydroxyl groups is 1. The van der Waals surface area contributed by atoms with E-state index in [9.17, 15) is 9.59 Å². The summed E-state index contributed by atoms with van der Waals surface area (Å²) >= 11 is 0. The Bertz CT molecular complexity index is 219. The molecule has 0 rings (SSSR count). The number of ether oxygens (including phenoxy) is 1. The summed E-state index contributed by atoms with van der Waals surface area (Å²) < 4.78 is 4.79. The zero-order chi connectivity index (χ0) is 11.8. The molecule has 0 aromatic carbocycles. The lowest BCUT2D eigenvalue weighted by molar-refractivity contribution is -0.150. The van der Waals surface area contributed by atoms with Crippen LogP contribution in [0.3, 0.4) is 0 Å². The molecule has 15 heavy (non-hydrogen) atoms. The molecule has 2 N–H and O–H groups in total. The van der Waals surface area contributed by atoms with E-state index >= 15 is 0 Å². The molecule has 0 radical (unpaired) electrons. The number of methoxy groups -OCH3 is 1. The van der Waals surface area contributed by atoms with E-state index in [4.69, 9.17) is 14.9 Å². The SMILES string of the molecule is COCCN(CCO)C(=O)C(C)C(=O)O. The fraction of sp³-hybridized carbons (Fsp3) is 0.778. The lowest BCUT2D eigenvalue weighted by atomic mass is 10.1. The smallest absolute Gasteiger partial charge is 0.315 e. The highest BCUT2D eigenvalue weighted by Crippen LogP contribution is 2.02. The van der Waals surface area contributed by atoms with Crippen LogP contribution in [-0.2, 0) is 14.3 Å². The highest BCUT2D eigenvalue weighted by Gasteiger charge is 2.25. The number of aliphatic carboxylic acids is 1. The van der Waals surface area contributed by atoms with E-state index in [1.165, 1.54) is 18.9 Å². The number of amides is 1. The van der Waals surface area contributed by atoms with Crippen molar-refractivity contribution < 1.29 is 24.5 Å². The Balaban J connectivity index is 4.33. The molecule has 0 aromatic rings. The van der Waals surface area contributed by atoms with Gasteiger partial charge in [-0.15, -0.1) is 0 Å². The number of carbonyl (C=O) groups excluding carboxylic acids is 1. The van der Waals surface area contributed by atoms with E-state index in [2.05, 4.69) is 0 Å². The van der Waals surface area contributed by atoms with Gasteiger partial charge >= 0.3 is 5.97 Å². The van der Waals surface area contributed by atoms with E-state index < -0.39 is 17.8 Å². The number of hydrogen-bond donors (Lipinski definition) is 2. The average molecular weight is 219 g/mol. The van der Waals surface area contributed by atoms with Gasteiger partial charge < -0.3 is 19.8 Å². The summed E-state index contributed by atoms with van der Waals surface area (Å²) in [6.07, 6.45) is 0. The van der Waals surface area contributed by atoms with Crippen LogP contribution in [0.15, 0.2) is 0 Å². The molecule has 0 aliphatic rings. The molecule has 0 saturated carbocycles. The molecular formula is C9H17NO5. The normalized spacial score (nSPS) is 12.2. The summed E-state index contributed by atoms with van der Waals surface area (Å²) in [7, 11) is 1.49. The number of carbonyl (C=O) groups is 2. The Morgan fingerprint density at radius 1 is 1.40 bits per heavy atom. The number of nitrogens with zero attached hydrogens (tertiary/aromatic N) is 1. The van der Waals surface area contributed by atoms with Crippen molar-refractivity contribution in [3.05, 3.63) is 0 Å². The molecule has 0 heterocycles. The van der Waals surface area contributed by atoms with Crippen LogP contribution in [0.4, 0.5) is 0 Å². The zero-order valence-corrected chi connectivity index (χ0v) is 8.97. The minimum Gasteiger partial charge on any atom is -0.481 e. The van der Waals surface area contributed by atoms with Crippen LogP contribution < -0.4 is 0 Å². The van der Waals surface area contributed by atoms with Gasteiger partial charge in [-0.3, -0.25) is 9.59 Å². The van der Waals surface area contributed by atoms with Crippen LogP contribution in [0.5, 0.6) is 0 Å². The van der Waals surface area contributed by atoms with Gasteiger partial charge in [-0.1, -0.05) is 0 Å². The maximum Gasteiger partial charge on any atom is 0.315 e. The summed E-state index contributed by atoms with van der Waals surface area (Å²) in [4.78, 5) is 23.4. The third-order valence-electron chi connectivity index (χ3n) is 1.99. The Morgan fingerprint density at radius 2 is 2.00 bits per heavy atom. The maximum absolute atomic E-state index is 11.6. The van der Waals surface area contributed by atoms with Gasteiger partial charge in [0.2, 0.25) is 5.91 Å². The van der Waals surface area contributed by atoms with Gasteiger partial charge in [0.05, 0.1) is 13.2 Å². The van der Waals surface area contributed by atoms with Gasteiger partial charge in [0, 0.05) is 20.2 Å². The summed E-state index contributed by atoms with van der Waals surface area (Å²) in [6.45, 7) is 1.86. The van der Waals surface area contributed by atoms with E-state index in [0.717, 1.165) is 0 Å². The summed E-state index contributed by atoms with van der Waals surface area (Å²) in [5, 5.41) is 17.4. The highest BCUT2D eigenvalue weighted by molar-refractivity contribution is 5.96. The molecule has 0 bridgehead atoms. The number of carboxylic acids is 1. The van der Waals surface area contributed by atoms with Crippen molar-refractivity contribution in [3.63, 3.8) is 0 Å². The van der Waals surface area contributed by atoms with E-state index in [1.807, 2.05) is 0 Å². The van der Waals surface area contributed by atoms with E-state index in [-0.39, 0.29) is 19.7 Å². The summed E-state index contributed by atoms with van der Waals surface area (Å²) in [5.74, 6) is -2.76. The fourth-order valence-electron chi connectivity index (χ4n) is 1.03. The molecule has 0 spiro atoms. The van der Waals surface area contributed by atoms with Gasteiger partial charge in [0.25, 0.3) is 0 Å².